The van der Waals surface area contributed by atoms with Crippen molar-refractivity contribution in [3.8, 4) is 5.75 Å². The molecule has 2 fully saturated rings. The molecule has 0 aromatic heterocycles. The third kappa shape index (κ3) is 7.56. The molecule has 7 atom stereocenters. The fourth-order valence-corrected chi connectivity index (χ4v) is 9.07. The number of halogens is 6. The number of hydrogen-bond donors (Lipinski definition) is 2. The van der Waals surface area contributed by atoms with Gasteiger partial charge in [0.15, 0.2) is 0 Å². The summed E-state index contributed by atoms with van der Waals surface area (Å²) in [5.41, 5.74) is 1.74. The predicted octanol–water partition coefficient (Wildman–Crippen LogP) is 8.38. The van der Waals surface area contributed by atoms with E-state index in [-0.39, 0.29) is 29.4 Å². The number of aliphatic hydroxyl groups excluding tert-OH is 1. The fourth-order valence-electron chi connectivity index (χ4n) is 8.19. The molecule has 240 valence electrons. The Bertz CT molecular complexity index is 1030. The van der Waals surface area contributed by atoms with Crippen molar-refractivity contribution in [2.24, 2.45) is 23.2 Å². The minimum atomic E-state index is -5.47. The first-order chi connectivity index (χ1) is 19.7. The third-order valence-electron chi connectivity index (χ3n) is 10.4. The average molecular weight is 624 g/mol. The predicted molar refractivity (Wildman–Crippen MR) is 156 cm³/mol. The highest BCUT2D eigenvalue weighted by Crippen LogP contribution is 2.63. The lowest BCUT2D eigenvalue weighted by Crippen LogP contribution is -2.51. The van der Waals surface area contributed by atoms with Crippen molar-refractivity contribution in [2.75, 3.05) is 31.6 Å². The minimum Gasteiger partial charge on any atom is -0.508 e. The van der Waals surface area contributed by atoms with Gasteiger partial charge in [-0.15, -0.1) is 0 Å². The Balaban J connectivity index is 1.19. The summed E-state index contributed by atoms with van der Waals surface area (Å²) in [6.45, 7) is 3.86. The second-order valence-corrected chi connectivity index (χ2v) is 14.5. The maximum atomic E-state index is 15.9. The molecule has 3 nitrogen and oxygen atoms in total. The Labute approximate surface area is 250 Å². The second-order valence-electron chi connectivity index (χ2n) is 13.3. The van der Waals surface area contributed by atoms with Gasteiger partial charge < -0.3 is 15.1 Å². The first-order valence-corrected chi connectivity index (χ1v) is 16.7. The van der Waals surface area contributed by atoms with E-state index in [1.807, 2.05) is 19.2 Å². The van der Waals surface area contributed by atoms with Gasteiger partial charge in [-0.1, -0.05) is 25.8 Å². The highest BCUT2D eigenvalue weighted by Gasteiger charge is 2.60. The van der Waals surface area contributed by atoms with Gasteiger partial charge in [-0.05, 0) is 129 Å². The van der Waals surface area contributed by atoms with Crippen molar-refractivity contribution in [3.63, 3.8) is 0 Å². The number of thioether (sulfide) groups is 1. The van der Waals surface area contributed by atoms with E-state index in [0.29, 0.717) is 24.0 Å². The van der Waals surface area contributed by atoms with Crippen LogP contribution in [0.4, 0.5) is 26.3 Å². The van der Waals surface area contributed by atoms with Gasteiger partial charge in [-0.3, -0.25) is 0 Å². The van der Waals surface area contributed by atoms with Crippen molar-refractivity contribution in [3.05, 3.63) is 29.3 Å². The van der Waals surface area contributed by atoms with Gasteiger partial charge in [-0.2, -0.15) is 33.7 Å². The molecule has 0 unspecified atom stereocenters. The summed E-state index contributed by atoms with van der Waals surface area (Å²) in [6, 6.07) is 5.41. The zero-order valence-corrected chi connectivity index (χ0v) is 25.6. The Morgan fingerprint density at radius 2 is 1.71 bits per heavy atom. The van der Waals surface area contributed by atoms with Crippen LogP contribution in [0.2, 0.25) is 0 Å². The van der Waals surface area contributed by atoms with E-state index in [9.17, 15) is 32.2 Å². The van der Waals surface area contributed by atoms with Gasteiger partial charge in [0.1, 0.15) is 11.9 Å². The molecule has 0 spiro atoms. The maximum absolute atomic E-state index is 15.9. The molecular weight excluding hydrogens is 576 g/mol. The van der Waals surface area contributed by atoms with E-state index in [4.69, 9.17) is 0 Å². The van der Waals surface area contributed by atoms with Crippen LogP contribution in [0.25, 0.3) is 0 Å². The second kappa shape index (κ2) is 13.9. The first-order valence-electron chi connectivity index (χ1n) is 15.6. The van der Waals surface area contributed by atoms with Gasteiger partial charge in [0, 0.05) is 12.3 Å². The topological polar surface area (TPSA) is 43.7 Å². The smallest absolute Gasteiger partial charge is 0.453 e. The number of aromatic hydroxyl groups is 1. The van der Waals surface area contributed by atoms with Gasteiger partial charge in [-0.25, -0.2) is 4.39 Å². The summed E-state index contributed by atoms with van der Waals surface area (Å²) in [6.07, 6.45) is -0.340. The lowest BCUT2D eigenvalue weighted by molar-refractivity contribution is -0.284. The third-order valence-corrected chi connectivity index (χ3v) is 11.6. The summed E-state index contributed by atoms with van der Waals surface area (Å²) in [4.78, 5) is 2.23. The maximum Gasteiger partial charge on any atom is 0.453 e. The molecule has 3 aliphatic rings. The summed E-state index contributed by atoms with van der Waals surface area (Å²) in [5.74, 6) is -2.70. The Kier molecular flexibility index (Phi) is 11.2. The van der Waals surface area contributed by atoms with Gasteiger partial charge >= 0.3 is 12.1 Å². The molecule has 2 saturated carbocycles. The van der Waals surface area contributed by atoms with Crippen LogP contribution in [0.1, 0.15) is 88.2 Å². The molecule has 0 bridgehead atoms. The zero-order valence-electron chi connectivity index (χ0n) is 24.8. The van der Waals surface area contributed by atoms with Crippen LogP contribution in [0.5, 0.6) is 5.75 Å². The van der Waals surface area contributed by atoms with Crippen molar-refractivity contribution < 1.29 is 36.6 Å². The molecular formula is C32H47F6NO2S. The molecule has 2 N–H and O–H groups in total. The first kappa shape index (κ1) is 33.8. The number of nitrogens with zero attached hydrogens (tertiary/aromatic N) is 1. The lowest BCUT2D eigenvalue weighted by atomic mass is 9.51. The van der Waals surface area contributed by atoms with E-state index >= 15 is 4.39 Å². The van der Waals surface area contributed by atoms with Crippen molar-refractivity contribution >= 4 is 11.8 Å². The summed E-state index contributed by atoms with van der Waals surface area (Å²) >= 11 is 1.42. The minimum absolute atomic E-state index is 0.158. The molecule has 42 heavy (non-hydrogen) atoms. The Hall–Kier alpha value is -1.13. The summed E-state index contributed by atoms with van der Waals surface area (Å²) in [5, 5.41) is 20.9. The summed E-state index contributed by atoms with van der Waals surface area (Å²) < 4.78 is 78.5. The van der Waals surface area contributed by atoms with Crippen LogP contribution in [-0.4, -0.2) is 71.1 Å². The molecule has 0 aliphatic heterocycles. The quantitative estimate of drug-likeness (QED) is 0.161. The summed E-state index contributed by atoms with van der Waals surface area (Å²) in [7, 11) is 2.04. The van der Waals surface area contributed by atoms with Crippen LogP contribution in [0.3, 0.4) is 0 Å². The van der Waals surface area contributed by atoms with Crippen molar-refractivity contribution in [1.82, 2.24) is 4.90 Å². The number of alkyl halides is 6. The number of unbranched alkanes of at least 4 members (excludes halogenated alkanes) is 2. The fraction of sp³-hybridized carbons (Fsp3) is 0.812. The highest BCUT2D eigenvalue weighted by molar-refractivity contribution is 7.99. The van der Waals surface area contributed by atoms with Crippen LogP contribution < -0.4 is 0 Å². The van der Waals surface area contributed by atoms with E-state index in [0.717, 1.165) is 81.3 Å². The van der Waals surface area contributed by atoms with E-state index < -0.39 is 30.8 Å². The SMILES string of the molecule is CN(CCCCC[C@@H]1Cc2cc(O)ccc2[C@@H]2[C@@H]1[C@@H]1CC[C@H](O)[C@@]1(C)C[C@@H]2F)CCCSCCCC(F)(F)C(F)(F)F. The Morgan fingerprint density at radius 3 is 2.45 bits per heavy atom. The monoisotopic (exact) mass is 623 g/mol. The van der Waals surface area contributed by atoms with E-state index in [1.54, 1.807) is 6.07 Å². The van der Waals surface area contributed by atoms with Crippen LogP contribution in [-0.2, 0) is 6.42 Å². The molecule has 0 amide bonds. The lowest BCUT2D eigenvalue weighted by Gasteiger charge is -2.54. The van der Waals surface area contributed by atoms with Crippen molar-refractivity contribution in [2.45, 2.75) is 108 Å². The zero-order chi connectivity index (χ0) is 30.7. The number of phenolic OH excluding ortho intramolecular Hbond substituents is 1. The van der Waals surface area contributed by atoms with Crippen LogP contribution in [0.15, 0.2) is 18.2 Å². The molecule has 4 rings (SSSR count). The molecule has 1 aromatic carbocycles. The van der Waals surface area contributed by atoms with Crippen molar-refractivity contribution in [1.29, 1.82) is 0 Å². The molecule has 0 heterocycles. The Morgan fingerprint density at radius 1 is 1.00 bits per heavy atom. The molecule has 0 saturated heterocycles. The average Bonchev–Trinajstić information content (AvgIpc) is 3.20. The van der Waals surface area contributed by atoms with Gasteiger partial charge in [0.2, 0.25) is 0 Å². The number of aliphatic hydroxyl groups is 1. The van der Waals surface area contributed by atoms with Crippen LogP contribution in [0, 0.1) is 23.2 Å². The largest absolute Gasteiger partial charge is 0.508 e. The normalized spacial score (nSPS) is 31.2. The van der Waals surface area contributed by atoms with E-state index in [1.165, 1.54) is 11.8 Å². The molecule has 10 heteroatoms. The number of phenols is 1. The van der Waals surface area contributed by atoms with Gasteiger partial charge in [0.25, 0.3) is 0 Å². The van der Waals surface area contributed by atoms with Gasteiger partial charge in [0.05, 0.1) is 6.10 Å². The van der Waals surface area contributed by atoms with E-state index in [2.05, 4.69) is 11.8 Å². The van der Waals surface area contributed by atoms with Crippen LogP contribution >= 0.6 is 11.8 Å². The molecule has 3 aliphatic carbocycles. The number of fused-ring (bicyclic) bond motifs is 5. The number of hydrogen-bond acceptors (Lipinski definition) is 4. The highest BCUT2D eigenvalue weighted by atomic mass is 32.2. The molecule has 0 radical (unpaired) electrons. The molecule has 1 aromatic rings. The number of rotatable bonds is 14. The standard InChI is InChI=1S/C32H47F6NO2S/c1-30-20-26(33)29-24-10-9-23(40)19-22(24)18-21(28(29)25(30)11-12-27(30)41)8-4-3-5-14-39(2)15-7-17-42-16-6-13-31(34,35)32(36,37)38/h9-10,19,21,25-29,40-41H,3-8,11-18,20H2,1-2H3/t21-,25+,26+,27+,28+,29+,30+/m1/s1. The number of benzene rings is 1.